The van der Waals surface area contributed by atoms with E-state index in [2.05, 4.69) is 15.2 Å². The number of anilines is 1. The second kappa shape index (κ2) is 8.42. The number of nitrogens with one attached hydrogen (secondary N) is 1. The van der Waals surface area contributed by atoms with E-state index in [4.69, 9.17) is 11.6 Å². The lowest BCUT2D eigenvalue weighted by Gasteiger charge is -2.22. The Labute approximate surface area is 155 Å². The number of carbonyl (C=O) groups is 2. The number of benzene rings is 1. The zero-order chi connectivity index (χ0) is 17.6. The lowest BCUT2D eigenvalue weighted by atomic mass is 10.2. The molecule has 1 N–H and O–H groups in total. The fourth-order valence-electron chi connectivity index (χ4n) is 2.78. The van der Waals surface area contributed by atoms with Crippen molar-refractivity contribution in [2.75, 3.05) is 38.0 Å². The van der Waals surface area contributed by atoms with Gasteiger partial charge in [0.25, 0.3) is 5.91 Å². The maximum atomic E-state index is 12.7. The first-order chi connectivity index (χ1) is 12.1. The second-order valence-corrected chi connectivity index (χ2v) is 7.09. The topological polar surface area (TPSA) is 65.5 Å². The van der Waals surface area contributed by atoms with E-state index in [0.29, 0.717) is 41.9 Å². The minimum Gasteiger partial charge on any atom is -0.337 e. The number of nitrogens with zero attached hydrogens (tertiary/aromatic N) is 3. The summed E-state index contributed by atoms with van der Waals surface area (Å²) in [6.07, 6.45) is 2.48. The summed E-state index contributed by atoms with van der Waals surface area (Å²) in [5.74, 6) is -0.138. The molecule has 2 heterocycles. The molecule has 1 aliphatic heterocycles. The SMILES string of the molecule is O=C(CN1CCCN(C(=O)c2ccccc2Cl)CC1)Nc1nccs1. The maximum absolute atomic E-state index is 12.7. The van der Waals surface area contributed by atoms with Gasteiger partial charge in [-0.1, -0.05) is 23.7 Å². The lowest BCUT2D eigenvalue weighted by molar-refractivity contribution is -0.117. The number of hydrogen-bond acceptors (Lipinski definition) is 5. The van der Waals surface area contributed by atoms with Gasteiger partial charge in [0.15, 0.2) is 5.13 Å². The highest BCUT2D eigenvalue weighted by atomic mass is 35.5. The number of rotatable bonds is 4. The second-order valence-electron chi connectivity index (χ2n) is 5.79. The van der Waals surface area contributed by atoms with Gasteiger partial charge in [-0.2, -0.15) is 0 Å². The highest BCUT2D eigenvalue weighted by Crippen LogP contribution is 2.18. The van der Waals surface area contributed by atoms with Crippen LogP contribution in [-0.4, -0.2) is 59.3 Å². The Balaban J connectivity index is 1.54. The van der Waals surface area contributed by atoms with E-state index < -0.39 is 0 Å². The third-order valence-corrected chi connectivity index (χ3v) is 5.04. The molecular weight excluding hydrogens is 360 g/mol. The van der Waals surface area contributed by atoms with Gasteiger partial charge in [-0.15, -0.1) is 11.3 Å². The van der Waals surface area contributed by atoms with Crippen molar-refractivity contribution in [1.82, 2.24) is 14.8 Å². The van der Waals surface area contributed by atoms with Crippen LogP contribution in [-0.2, 0) is 4.79 Å². The summed E-state index contributed by atoms with van der Waals surface area (Å²) in [6, 6.07) is 7.09. The highest BCUT2D eigenvalue weighted by molar-refractivity contribution is 7.13. The molecule has 0 atom stereocenters. The van der Waals surface area contributed by atoms with Crippen molar-refractivity contribution >= 4 is 39.9 Å². The average Bonchev–Trinajstić information content (AvgIpc) is 2.99. The third kappa shape index (κ3) is 4.78. The molecule has 6 nitrogen and oxygen atoms in total. The third-order valence-electron chi connectivity index (χ3n) is 4.03. The first kappa shape index (κ1) is 17.8. The Morgan fingerprint density at radius 3 is 2.80 bits per heavy atom. The van der Waals surface area contributed by atoms with E-state index in [-0.39, 0.29) is 11.8 Å². The molecule has 3 rings (SSSR count). The monoisotopic (exact) mass is 378 g/mol. The number of aromatic nitrogens is 1. The summed E-state index contributed by atoms with van der Waals surface area (Å²) in [4.78, 5) is 32.7. The first-order valence-corrected chi connectivity index (χ1v) is 9.35. The summed E-state index contributed by atoms with van der Waals surface area (Å²) in [6.45, 7) is 2.97. The summed E-state index contributed by atoms with van der Waals surface area (Å²) in [7, 11) is 0. The van der Waals surface area contributed by atoms with Gasteiger partial charge in [-0.3, -0.25) is 14.5 Å². The Hall–Kier alpha value is -1.96. The zero-order valence-corrected chi connectivity index (χ0v) is 15.2. The number of hydrogen-bond donors (Lipinski definition) is 1. The minimum atomic E-state index is -0.0826. The van der Waals surface area contributed by atoms with Gasteiger partial charge < -0.3 is 10.2 Å². The number of thiazole rings is 1. The molecule has 2 aromatic rings. The summed E-state index contributed by atoms with van der Waals surface area (Å²) in [5, 5.41) is 5.68. The van der Waals surface area contributed by atoms with Crippen molar-refractivity contribution in [3.05, 3.63) is 46.4 Å². The molecule has 8 heteroatoms. The zero-order valence-electron chi connectivity index (χ0n) is 13.7. The van der Waals surface area contributed by atoms with Crippen molar-refractivity contribution < 1.29 is 9.59 Å². The van der Waals surface area contributed by atoms with Crippen LogP contribution in [0.5, 0.6) is 0 Å². The number of amides is 2. The van der Waals surface area contributed by atoms with Crippen LogP contribution in [0.15, 0.2) is 35.8 Å². The first-order valence-electron chi connectivity index (χ1n) is 8.09. The van der Waals surface area contributed by atoms with Gasteiger partial charge in [0, 0.05) is 37.8 Å². The van der Waals surface area contributed by atoms with Crippen LogP contribution >= 0.6 is 22.9 Å². The van der Waals surface area contributed by atoms with Gasteiger partial charge in [0.05, 0.1) is 17.1 Å². The summed E-state index contributed by atoms with van der Waals surface area (Å²) >= 11 is 7.52. The standard InChI is InChI=1S/C17H19ClN4O2S/c18-14-5-2-1-4-13(14)16(24)22-8-3-7-21(9-10-22)12-15(23)20-17-19-6-11-25-17/h1-2,4-6,11H,3,7-10,12H2,(H,19,20,23). The molecular formula is C17H19ClN4O2S. The molecule has 132 valence electrons. The quantitative estimate of drug-likeness (QED) is 0.888. The Kier molecular flexibility index (Phi) is 6.01. The van der Waals surface area contributed by atoms with Gasteiger partial charge >= 0.3 is 0 Å². The van der Waals surface area contributed by atoms with Crippen molar-refractivity contribution in [1.29, 1.82) is 0 Å². The van der Waals surface area contributed by atoms with Crippen LogP contribution in [0, 0.1) is 0 Å². The number of carbonyl (C=O) groups excluding carboxylic acids is 2. The summed E-state index contributed by atoms with van der Waals surface area (Å²) in [5.41, 5.74) is 0.527. The largest absolute Gasteiger partial charge is 0.337 e. The molecule has 0 spiro atoms. The van der Waals surface area contributed by atoms with Crippen LogP contribution in [0.1, 0.15) is 16.8 Å². The fourth-order valence-corrected chi connectivity index (χ4v) is 3.55. The van der Waals surface area contributed by atoms with E-state index in [1.165, 1.54) is 11.3 Å². The highest BCUT2D eigenvalue weighted by Gasteiger charge is 2.22. The molecule has 0 aliphatic carbocycles. The van der Waals surface area contributed by atoms with Crippen LogP contribution in [0.4, 0.5) is 5.13 Å². The summed E-state index contributed by atoms with van der Waals surface area (Å²) < 4.78 is 0. The maximum Gasteiger partial charge on any atom is 0.255 e. The Morgan fingerprint density at radius 1 is 1.20 bits per heavy atom. The van der Waals surface area contributed by atoms with Crippen molar-refractivity contribution in [3.63, 3.8) is 0 Å². The predicted octanol–water partition coefficient (Wildman–Crippen LogP) is 2.58. The van der Waals surface area contributed by atoms with Gasteiger partial charge in [-0.05, 0) is 18.6 Å². The van der Waals surface area contributed by atoms with Crippen LogP contribution in [0.25, 0.3) is 0 Å². The fraction of sp³-hybridized carbons (Fsp3) is 0.353. The van der Waals surface area contributed by atoms with E-state index >= 15 is 0 Å². The van der Waals surface area contributed by atoms with Crippen molar-refractivity contribution in [2.24, 2.45) is 0 Å². The van der Waals surface area contributed by atoms with Gasteiger partial charge in [0.2, 0.25) is 5.91 Å². The smallest absolute Gasteiger partial charge is 0.255 e. The molecule has 25 heavy (non-hydrogen) atoms. The average molecular weight is 379 g/mol. The molecule has 1 fully saturated rings. The normalized spacial score (nSPS) is 15.6. The van der Waals surface area contributed by atoms with Gasteiger partial charge in [0.1, 0.15) is 0 Å². The molecule has 1 aromatic heterocycles. The van der Waals surface area contributed by atoms with E-state index in [1.54, 1.807) is 23.2 Å². The molecule has 0 radical (unpaired) electrons. The molecule has 0 saturated carbocycles. The number of halogens is 1. The van der Waals surface area contributed by atoms with Crippen LogP contribution < -0.4 is 5.32 Å². The van der Waals surface area contributed by atoms with Crippen LogP contribution in [0.3, 0.4) is 0 Å². The van der Waals surface area contributed by atoms with E-state index in [9.17, 15) is 9.59 Å². The Bertz CT molecular complexity index is 738. The molecule has 1 aliphatic rings. The molecule has 1 aromatic carbocycles. The molecule has 0 bridgehead atoms. The van der Waals surface area contributed by atoms with E-state index in [0.717, 1.165) is 13.0 Å². The van der Waals surface area contributed by atoms with Crippen molar-refractivity contribution in [2.45, 2.75) is 6.42 Å². The molecule has 2 amide bonds. The van der Waals surface area contributed by atoms with Crippen LogP contribution in [0.2, 0.25) is 5.02 Å². The predicted molar refractivity (Wildman–Crippen MR) is 99.2 cm³/mol. The minimum absolute atomic E-state index is 0.0558. The lowest BCUT2D eigenvalue weighted by Crippen LogP contribution is -2.38. The molecule has 0 unspecified atom stereocenters. The Morgan fingerprint density at radius 2 is 2.04 bits per heavy atom. The van der Waals surface area contributed by atoms with Gasteiger partial charge in [-0.25, -0.2) is 4.98 Å². The molecule has 1 saturated heterocycles. The van der Waals surface area contributed by atoms with Crippen molar-refractivity contribution in [3.8, 4) is 0 Å². The van der Waals surface area contributed by atoms with E-state index in [1.807, 2.05) is 17.5 Å².